The fourth-order valence-corrected chi connectivity index (χ4v) is 3.28. The topological polar surface area (TPSA) is 95.5 Å². The summed E-state index contributed by atoms with van der Waals surface area (Å²) >= 11 is 0. The van der Waals surface area contributed by atoms with Gasteiger partial charge in [0.2, 0.25) is 11.8 Å². The van der Waals surface area contributed by atoms with E-state index >= 15 is 0 Å². The van der Waals surface area contributed by atoms with Crippen molar-refractivity contribution in [2.24, 2.45) is 11.8 Å². The van der Waals surface area contributed by atoms with Gasteiger partial charge >= 0.3 is 5.97 Å². The van der Waals surface area contributed by atoms with Crippen LogP contribution in [0.4, 0.5) is 11.4 Å². The number of hydrogen-bond acceptors (Lipinski definition) is 3. The molecule has 3 rings (SSSR count). The molecule has 0 saturated carbocycles. The number of carboxylic acid groups (broad SMARTS) is 1. The monoisotopic (exact) mass is 378 g/mol. The fraction of sp³-hybridized carbons (Fsp3) is 0.227. The molecular weight excluding hydrogens is 356 g/mol. The van der Waals surface area contributed by atoms with Crippen molar-refractivity contribution in [1.82, 2.24) is 0 Å². The van der Waals surface area contributed by atoms with Gasteiger partial charge in [-0.1, -0.05) is 24.3 Å². The van der Waals surface area contributed by atoms with Gasteiger partial charge in [0.05, 0.1) is 17.4 Å². The number of anilines is 2. The molecule has 144 valence electrons. The molecule has 0 spiro atoms. The third-order valence-corrected chi connectivity index (χ3v) is 4.79. The first-order valence-corrected chi connectivity index (χ1v) is 9.11. The lowest BCUT2D eigenvalue weighted by atomic mass is 9.81. The predicted molar refractivity (Wildman–Crippen MR) is 107 cm³/mol. The summed E-state index contributed by atoms with van der Waals surface area (Å²) in [5.74, 6) is -2.42. The smallest absolute Gasteiger partial charge is 0.335 e. The molecule has 2 aromatic carbocycles. The molecule has 6 nitrogen and oxygen atoms in total. The molecule has 2 unspecified atom stereocenters. The lowest BCUT2D eigenvalue weighted by Crippen LogP contribution is -2.37. The number of aryl methyl sites for hydroxylation is 1. The van der Waals surface area contributed by atoms with Gasteiger partial charge in [0.15, 0.2) is 0 Å². The lowest BCUT2D eigenvalue weighted by molar-refractivity contribution is -0.129. The Balaban J connectivity index is 1.69. The second kappa shape index (κ2) is 8.52. The summed E-state index contributed by atoms with van der Waals surface area (Å²) in [4.78, 5) is 36.5. The molecule has 1 aliphatic rings. The molecule has 0 bridgehead atoms. The molecule has 2 aromatic rings. The van der Waals surface area contributed by atoms with Crippen LogP contribution in [0, 0.1) is 18.8 Å². The summed E-state index contributed by atoms with van der Waals surface area (Å²) < 4.78 is 0. The van der Waals surface area contributed by atoms with E-state index in [2.05, 4.69) is 10.6 Å². The van der Waals surface area contributed by atoms with Gasteiger partial charge in [-0.05, 0) is 61.7 Å². The van der Waals surface area contributed by atoms with E-state index in [0.29, 0.717) is 24.2 Å². The van der Waals surface area contributed by atoms with Crippen LogP contribution < -0.4 is 10.6 Å². The first-order valence-electron chi connectivity index (χ1n) is 9.11. The van der Waals surface area contributed by atoms with Crippen LogP contribution in [0.15, 0.2) is 60.7 Å². The molecular formula is C22H22N2O4. The molecule has 0 aliphatic heterocycles. The van der Waals surface area contributed by atoms with Crippen LogP contribution in [0.1, 0.15) is 28.8 Å². The Kier molecular flexibility index (Phi) is 5.89. The van der Waals surface area contributed by atoms with Gasteiger partial charge in [0.25, 0.3) is 0 Å². The van der Waals surface area contributed by atoms with Gasteiger partial charge in [-0.15, -0.1) is 0 Å². The Morgan fingerprint density at radius 3 is 1.96 bits per heavy atom. The van der Waals surface area contributed by atoms with E-state index in [-0.39, 0.29) is 17.4 Å². The van der Waals surface area contributed by atoms with Crippen molar-refractivity contribution >= 4 is 29.2 Å². The molecule has 0 aromatic heterocycles. The number of carbonyl (C=O) groups excluding carboxylic acids is 2. The van der Waals surface area contributed by atoms with Crippen molar-refractivity contribution < 1.29 is 19.5 Å². The highest BCUT2D eigenvalue weighted by Gasteiger charge is 2.34. The number of carbonyl (C=O) groups is 3. The van der Waals surface area contributed by atoms with Gasteiger partial charge < -0.3 is 15.7 Å². The minimum Gasteiger partial charge on any atom is -0.478 e. The molecule has 0 saturated heterocycles. The number of nitrogens with one attached hydrogen (secondary N) is 2. The van der Waals surface area contributed by atoms with Gasteiger partial charge in [-0.3, -0.25) is 9.59 Å². The number of benzene rings is 2. The van der Waals surface area contributed by atoms with E-state index in [4.69, 9.17) is 5.11 Å². The van der Waals surface area contributed by atoms with Crippen LogP contribution in [0.25, 0.3) is 0 Å². The number of rotatable bonds is 5. The molecule has 1 aliphatic carbocycles. The quantitative estimate of drug-likeness (QED) is 0.689. The molecule has 28 heavy (non-hydrogen) atoms. The van der Waals surface area contributed by atoms with Gasteiger partial charge in [-0.25, -0.2) is 4.79 Å². The average molecular weight is 378 g/mol. The molecule has 0 heterocycles. The number of hydrogen-bond donors (Lipinski definition) is 3. The Labute approximate surface area is 163 Å². The lowest BCUT2D eigenvalue weighted by Gasteiger charge is -2.26. The van der Waals surface area contributed by atoms with Gasteiger partial charge in [0.1, 0.15) is 0 Å². The van der Waals surface area contributed by atoms with Crippen molar-refractivity contribution in [3.8, 4) is 0 Å². The predicted octanol–water partition coefficient (Wildman–Crippen LogP) is 3.85. The van der Waals surface area contributed by atoms with E-state index in [9.17, 15) is 14.4 Å². The Bertz CT molecular complexity index is 918. The van der Waals surface area contributed by atoms with Crippen LogP contribution >= 0.6 is 0 Å². The molecule has 2 atom stereocenters. The maximum absolute atomic E-state index is 12.8. The van der Waals surface area contributed by atoms with E-state index in [1.54, 1.807) is 12.1 Å². The highest BCUT2D eigenvalue weighted by atomic mass is 16.4. The Hall–Kier alpha value is -3.41. The Morgan fingerprint density at radius 1 is 0.857 bits per heavy atom. The van der Waals surface area contributed by atoms with Crippen molar-refractivity contribution in [1.29, 1.82) is 0 Å². The third kappa shape index (κ3) is 4.65. The Morgan fingerprint density at radius 2 is 1.43 bits per heavy atom. The van der Waals surface area contributed by atoms with E-state index < -0.39 is 17.8 Å². The summed E-state index contributed by atoms with van der Waals surface area (Å²) in [6.07, 6.45) is 4.80. The van der Waals surface area contributed by atoms with Crippen molar-refractivity contribution in [2.75, 3.05) is 10.6 Å². The molecule has 3 N–H and O–H groups in total. The largest absolute Gasteiger partial charge is 0.478 e. The van der Waals surface area contributed by atoms with E-state index in [1.165, 1.54) is 12.1 Å². The summed E-state index contributed by atoms with van der Waals surface area (Å²) in [6.45, 7) is 1.95. The van der Waals surface area contributed by atoms with Crippen LogP contribution in [-0.4, -0.2) is 22.9 Å². The van der Waals surface area contributed by atoms with Crippen LogP contribution in [0.2, 0.25) is 0 Å². The van der Waals surface area contributed by atoms with Gasteiger partial charge in [-0.2, -0.15) is 0 Å². The fourth-order valence-electron chi connectivity index (χ4n) is 3.28. The second-order valence-electron chi connectivity index (χ2n) is 6.89. The summed E-state index contributed by atoms with van der Waals surface area (Å²) in [5, 5.41) is 14.6. The second-order valence-corrected chi connectivity index (χ2v) is 6.89. The van der Waals surface area contributed by atoms with Crippen LogP contribution in [0.3, 0.4) is 0 Å². The van der Waals surface area contributed by atoms with Gasteiger partial charge in [0, 0.05) is 11.4 Å². The third-order valence-electron chi connectivity index (χ3n) is 4.79. The first kappa shape index (κ1) is 19.4. The minimum absolute atomic E-state index is 0.147. The SMILES string of the molecule is Cc1cccc(NC(=O)C2CC=CCC2C(=O)Nc2ccc(C(=O)O)cc2)c1. The zero-order valence-corrected chi connectivity index (χ0v) is 15.5. The van der Waals surface area contributed by atoms with E-state index in [1.807, 2.05) is 43.3 Å². The highest BCUT2D eigenvalue weighted by Crippen LogP contribution is 2.28. The van der Waals surface area contributed by atoms with E-state index in [0.717, 1.165) is 5.56 Å². The normalized spacial score (nSPS) is 18.3. The summed E-state index contributed by atoms with van der Waals surface area (Å²) in [7, 11) is 0. The highest BCUT2D eigenvalue weighted by molar-refractivity contribution is 6.00. The molecule has 6 heteroatoms. The molecule has 2 amide bonds. The maximum atomic E-state index is 12.8. The number of carboxylic acids is 1. The van der Waals surface area contributed by atoms with Crippen molar-refractivity contribution in [2.45, 2.75) is 19.8 Å². The zero-order chi connectivity index (χ0) is 20.1. The number of amides is 2. The molecule has 0 fully saturated rings. The zero-order valence-electron chi connectivity index (χ0n) is 15.5. The summed E-state index contributed by atoms with van der Waals surface area (Å²) in [6, 6.07) is 13.5. The van der Waals surface area contributed by atoms with Crippen molar-refractivity contribution in [3.05, 3.63) is 71.8 Å². The van der Waals surface area contributed by atoms with Crippen LogP contribution in [-0.2, 0) is 9.59 Å². The first-order chi connectivity index (χ1) is 13.4. The summed E-state index contributed by atoms with van der Waals surface area (Å²) in [5.41, 5.74) is 2.40. The average Bonchev–Trinajstić information content (AvgIpc) is 2.68. The standard InChI is InChI=1S/C22H22N2O4/c1-14-5-4-6-17(13-14)24-21(26)19-8-3-2-7-18(19)20(25)23-16-11-9-15(10-12-16)22(27)28/h2-6,9-13,18-19H,7-8H2,1H3,(H,23,25)(H,24,26)(H,27,28). The number of allylic oxidation sites excluding steroid dienone is 2. The molecule has 0 radical (unpaired) electrons. The maximum Gasteiger partial charge on any atom is 0.335 e. The minimum atomic E-state index is -1.02. The van der Waals surface area contributed by atoms with Crippen molar-refractivity contribution in [3.63, 3.8) is 0 Å². The van der Waals surface area contributed by atoms with Crippen LogP contribution in [0.5, 0.6) is 0 Å². The number of aromatic carboxylic acids is 1.